The monoisotopic (exact) mass is 383 g/mol. The van der Waals surface area contributed by atoms with Crippen molar-refractivity contribution in [3.05, 3.63) is 71.8 Å². The molecule has 0 radical (unpaired) electrons. The van der Waals surface area contributed by atoms with E-state index < -0.39 is 0 Å². The zero-order valence-corrected chi connectivity index (χ0v) is 16.8. The number of benzene rings is 1. The first-order chi connectivity index (χ1) is 12.7. The van der Waals surface area contributed by atoms with Crippen LogP contribution in [-0.2, 0) is 24.2 Å². The maximum absolute atomic E-state index is 5.39. The summed E-state index contributed by atoms with van der Waals surface area (Å²) < 4.78 is 7.74. The SMILES string of the molecule is C=COCCn1c(C)c(C)c2ccnc(N3CCc4ccccc4C3)c21.Cl. The molecule has 0 bridgehead atoms. The van der Waals surface area contributed by atoms with Crippen LogP contribution in [0.4, 0.5) is 5.82 Å². The van der Waals surface area contributed by atoms with E-state index >= 15 is 0 Å². The molecule has 3 aromatic rings. The van der Waals surface area contributed by atoms with E-state index in [0.717, 1.165) is 31.9 Å². The van der Waals surface area contributed by atoms with Crippen LogP contribution in [0, 0.1) is 13.8 Å². The van der Waals surface area contributed by atoms with Crippen molar-refractivity contribution >= 4 is 29.1 Å². The van der Waals surface area contributed by atoms with Crippen molar-refractivity contribution in [3.8, 4) is 0 Å². The summed E-state index contributed by atoms with van der Waals surface area (Å²) in [5, 5.41) is 1.28. The van der Waals surface area contributed by atoms with E-state index in [-0.39, 0.29) is 12.4 Å². The number of aromatic nitrogens is 2. The maximum Gasteiger partial charge on any atom is 0.153 e. The summed E-state index contributed by atoms with van der Waals surface area (Å²) in [5.41, 5.74) is 6.67. The Bertz CT molecular complexity index is 964. The Morgan fingerprint density at radius 1 is 1.19 bits per heavy atom. The van der Waals surface area contributed by atoms with Gasteiger partial charge in [0.1, 0.15) is 6.61 Å². The van der Waals surface area contributed by atoms with Crippen molar-refractivity contribution in [2.75, 3.05) is 18.1 Å². The van der Waals surface area contributed by atoms with Gasteiger partial charge in [0.15, 0.2) is 5.82 Å². The first kappa shape index (κ1) is 19.3. The molecule has 5 heteroatoms. The Labute approximate surface area is 166 Å². The third kappa shape index (κ3) is 3.42. The van der Waals surface area contributed by atoms with Crippen LogP contribution in [0.15, 0.2) is 49.4 Å². The first-order valence-electron chi connectivity index (χ1n) is 9.19. The van der Waals surface area contributed by atoms with Crippen molar-refractivity contribution in [2.24, 2.45) is 0 Å². The molecule has 0 saturated carbocycles. The van der Waals surface area contributed by atoms with Gasteiger partial charge in [-0.1, -0.05) is 30.8 Å². The summed E-state index contributed by atoms with van der Waals surface area (Å²) in [5.74, 6) is 1.08. The summed E-state index contributed by atoms with van der Waals surface area (Å²) >= 11 is 0. The van der Waals surface area contributed by atoms with E-state index in [1.807, 2.05) is 6.20 Å². The number of fused-ring (bicyclic) bond motifs is 2. The molecule has 142 valence electrons. The zero-order valence-electron chi connectivity index (χ0n) is 15.9. The Morgan fingerprint density at radius 2 is 1.96 bits per heavy atom. The minimum atomic E-state index is 0. The van der Waals surface area contributed by atoms with Gasteiger partial charge in [0.05, 0.1) is 18.3 Å². The molecular weight excluding hydrogens is 358 g/mol. The molecule has 0 atom stereocenters. The fourth-order valence-corrected chi connectivity index (χ4v) is 3.99. The molecule has 0 aliphatic carbocycles. The van der Waals surface area contributed by atoms with E-state index in [2.05, 4.69) is 60.2 Å². The van der Waals surface area contributed by atoms with Crippen molar-refractivity contribution in [1.82, 2.24) is 9.55 Å². The van der Waals surface area contributed by atoms with E-state index in [4.69, 9.17) is 9.72 Å². The van der Waals surface area contributed by atoms with Gasteiger partial charge in [0, 0.05) is 30.4 Å². The van der Waals surface area contributed by atoms with Gasteiger partial charge in [-0.2, -0.15) is 0 Å². The molecule has 3 heterocycles. The first-order valence-corrected chi connectivity index (χ1v) is 9.19. The second-order valence-corrected chi connectivity index (χ2v) is 6.87. The third-order valence-corrected chi connectivity index (χ3v) is 5.51. The number of hydrogen-bond acceptors (Lipinski definition) is 3. The van der Waals surface area contributed by atoms with Gasteiger partial charge in [-0.05, 0) is 43.0 Å². The van der Waals surface area contributed by atoms with Gasteiger partial charge in [0.25, 0.3) is 0 Å². The van der Waals surface area contributed by atoms with Crippen molar-refractivity contribution in [1.29, 1.82) is 0 Å². The summed E-state index contributed by atoms with van der Waals surface area (Å²) in [6.45, 7) is 11.3. The van der Waals surface area contributed by atoms with Crippen molar-refractivity contribution in [3.63, 3.8) is 0 Å². The molecule has 0 fully saturated rings. The van der Waals surface area contributed by atoms with Crippen LogP contribution in [0.2, 0.25) is 0 Å². The van der Waals surface area contributed by atoms with Crippen molar-refractivity contribution in [2.45, 2.75) is 33.4 Å². The maximum atomic E-state index is 5.39. The van der Waals surface area contributed by atoms with Gasteiger partial charge in [0.2, 0.25) is 0 Å². The fraction of sp³-hybridized carbons (Fsp3) is 0.318. The van der Waals surface area contributed by atoms with Gasteiger partial charge < -0.3 is 14.2 Å². The van der Waals surface area contributed by atoms with Crippen LogP contribution in [-0.4, -0.2) is 22.7 Å². The van der Waals surface area contributed by atoms with E-state index in [9.17, 15) is 0 Å². The minimum absolute atomic E-state index is 0. The van der Waals surface area contributed by atoms with Crippen LogP contribution in [0.1, 0.15) is 22.4 Å². The number of ether oxygens (including phenoxy) is 1. The molecule has 0 unspecified atom stereocenters. The third-order valence-electron chi connectivity index (χ3n) is 5.51. The van der Waals surface area contributed by atoms with E-state index in [0.29, 0.717) is 6.61 Å². The van der Waals surface area contributed by atoms with Gasteiger partial charge in [-0.3, -0.25) is 0 Å². The number of halogens is 1. The fourth-order valence-electron chi connectivity index (χ4n) is 3.99. The molecule has 4 nitrogen and oxygen atoms in total. The number of aryl methyl sites for hydroxylation is 1. The van der Waals surface area contributed by atoms with Gasteiger partial charge >= 0.3 is 0 Å². The normalized spacial score (nSPS) is 13.2. The number of anilines is 1. The quantitative estimate of drug-likeness (QED) is 0.468. The second-order valence-electron chi connectivity index (χ2n) is 6.87. The zero-order chi connectivity index (χ0) is 18.1. The summed E-state index contributed by atoms with van der Waals surface area (Å²) in [6, 6.07) is 10.9. The smallest absolute Gasteiger partial charge is 0.153 e. The van der Waals surface area contributed by atoms with E-state index in [1.165, 1.54) is 39.5 Å². The predicted molar refractivity (Wildman–Crippen MR) is 114 cm³/mol. The molecule has 0 amide bonds. The predicted octanol–water partition coefficient (Wildman–Crippen LogP) is 4.80. The summed E-state index contributed by atoms with van der Waals surface area (Å²) in [7, 11) is 0. The molecule has 0 spiro atoms. The number of hydrogen-bond donors (Lipinski definition) is 0. The number of nitrogens with zero attached hydrogens (tertiary/aromatic N) is 3. The molecule has 1 aromatic carbocycles. The van der Waals surface area contributed by atoms with E-state index in [1.54, 1.807) is 0 Å². The Balaban J connectivity index is 0.00000210. The Hall–Kier alpha value is -2.46. The largest absolute Gasteiger partial charge is 0.500 e. The average Bonchev–Trinajstić information content (AvgIpc) is 2.93. The lowest BCUT2D eigenvalue weighted by Gasteiger charge is -2.30. The van der Waals surface area contributed by atoms with Crippen molar-refractivity contribution < 1.29 is 4.74 Å². The van der Waals surface area contributed by atoms with Gasteiger partial charge in [-0.15, -0.1) is 12.4 Å². The highest BCUT2D eigenvalue weighted by Crippen LogP contribution is 2.33. The second kappa shape index (κ2) is 8.05. The highest BCUT2D eigenvalue weighted by Gasteiger charge is 2.22. The molecule has 0 saturated heterocycles. The lowest BCUT2D eigenvalue weighted by atomic mass is 10.00. The number of rotatable bonds is 5. The molecule has 4 rings (SSSR count). The lowest BCUT2D eigenvalue weighted by molar-refractivity contribution is 0.237. The lowest BCUT2D eigenvalue weighted by Crippen LogP contribution is -2.31. The molecule has 1 aliphatic heterocycles. The molecule has 1 aliphatic rings. The summed E-state index contributed by atoms with van der Waals surface area (Å²) in [4.78, 5) is 7.20. The molecule has 2 aromatic heterocycles. The van der Waals surface area contributed by atoms with Crippen LogP contribution in [0.3, 0.4) is 0 Å². The van der Waals surface area contributed by atoms with Gasteiger partial charge in [-0.25, -0.2) is 4.98 Å². The molecular formula is C22H26ClN3O. The van der Waals surface area contributed by atoms with Crippen LogP contribution in [0.25, 0.3) is 10.9 Å². The average molecular weight is 384 g/mol. The van der Waals surface area contributed by atoms with Crippen LogP contribution >= 0.6 is 12.4 Å². The molecule has 27 heavy (non-hydrogen) atoms. The Morgan fingerprint density at radius 3 is 2.74 bits per heavy atom. The Kier molecular flexibility index (Phi) is 5.76. The van der Waals surface area contributed by atoms with Crippen LogP contribution < -0.4 is 4.90 Å². The minimum Gasteiger partial charge on any atom is -0.500 e. The molecule has 0 N–H and O–H groups in total. The standard InChI is InChI=1S/C22H25N3O.ClH/c1-4-26-14-13-25-17(3)16(2)20-9-11-23-22(21(20)25)24-12-10-18-7-5-6-8-19(18)15-24;/h4-9,11H,1,10,12-15H2,2-3H3;1H. The summed E-state index contributed by atoms with van der Waals surface area (Å²) in [6.07, 6.45) is 4.51. The topological polar surface area (TPSA) is 30.3 Å². The van der Waals surface area contributed by atoms with Crippen LogP contribution in [0.5, 0.6) is 0 Å². The highest BCUT2D eigenvalue weighted by atomic mass is 35.5. The number of pyridine rings is 1. The highest BCUT2D eigenvalue weighted by molar-refractivity contribution is 5.93.